The molecule has 18 nitrogen and oxygen atoms in total. The number of nitrogens with two attached hydrogens (primary N) is 1. The molecule has 342 valence electrons. The molecule has 20 heteroatoms. The number of rotatable bonds is 16. The van der Waals surface area contributed by atoms with Crippen LogP contribution in [0.2, 0.25) is 0 Å². The van der Waals surface area contributed by atoms with Crippen LogP contribution in [0.4, 0.5) is 0 Å². The SMILES string of the molecule is COC1C(OC2COC(OC3C(O)C(O)COC3N3C(=O)C(=C(O)C=CC=CC=CC=CC=C(Cl)C=CC=CC4OC(C)CC4Cl)C(=O)C3CC(N)=O)C(O)C2O)OC(C)C1O. The van der Waals surface area contributed by atoms with Crippen LogP contribution in [0.5, 0.6) is 0 Å². The predicted octanol–water partition coefficient (Wildman–Crippen LogP) is 0.746. The van der Waals surface area contributed by atoms with E-state index in [1.807, 2.05) is 19.1 Å². The molecule has 2 amide bonds. The van der Waals surface area contributed by atoms with E-state index in [1.54, 1.807) is 55.5 Å². The summed E-state index contributed by atoms with van der Waals surface area (Å²) < 4.78 is 39.5. The molecule has 62 heavy (non-hydrogen) atoms. The van der Waals surface area contributed by atoms with Gasteiger partial charge in [0.15, 0.2) is 24.6 Å². The van der Waals surface area contributed by atoms with E-state index in [-0.39, 0.29) is 17.6 Å². The quantitative estimate of drug-likeness (QED) is 0.0370. The van der Waals surface area contributed by atoms with Gasteiger partial charge in [-0.05, 0) is 38.5 Å². The largest absolute Gasteiger partial charge is 0.507 e. The van der Waals surface area contributed by atoms with Gasteiger partial charge in [-0.3, -0.25) is 19.3 Å². The zero-order chi connectivity index (χ0) is 45.2. The van der Waals surface area contributed by atoms with E-state index in [4.69, 9.17) is 62.1 Å². The minimum absolute atomic E-state index is 0.0647. The number of aliphatic hydroxyl groups excluding tert-OH is 6. The monoisotopic (exact) mass is 912 g/mol. The molecule has 5 saturated heterocycles. The van der Waals surface area contributed by atoms with E-state index >= 15 is 0 Å². The number of alkyl halides is 1. The van der Waals surface area contributed by atoms with Crippen LogP contribution in [-0.2, 0) is 47.5 Å². The van der Waals surface area contributed by atoms with Gasteiger partial charge in [0.1, 0.15) is 66.2 Å². The third-order valence-electron chi connectivity index (χ3n) is 10.6. The molecule has 0 aromatic carbocycles. The Hall–Kier alpha value is -3.57. The summed E-state index contributed by atoms with van der Waals surface area (Å²) in [6, 6.07) is -1.63. The number of carbonyl (C=O) groups excluding carboxylic acids is 3. The lowest BCUT2D eigenvalue weighted by Crippen LogP contribution is -2.65. The Bertz CT molecular complexity index is 1830. The van der Waals surface area contributed by atoms with Crippen LogP contribution in [0.25, 0.3) is 0 Å². The van der Waals surface area contributed by atoms with Crippen LogP contribution in [0.1, 0.15) is 26.7 Å². The molecule has 0 radical (unpaired) electrons. The van der Waals surface area contributed by atoms with Crippen LogP contribution in [0.3, 0.4) is 0 Å². The lowest BCUT2D eigenvalue weighted by molar-refractivity contribution is -0.338. The van der Waals surface area contributed by atoms with Crippen LogP contribution < -0.4 is 5.73 Å². The zero-order valence-corrected chi connectivity index (χ0v) is 35.6. The molecule has 0 saturated carbocycles. The summed E-state index contributed by atoms with van der Waals surface area (Å²) in [6.07, 6.45) is 4.23. The summed E-state index contributed by atoms with van der Waals surface area (Å²) in [4.78, 5) is 40.4. The summed E-state index contributed by atoms with van der Waals surface area (Å²) in [5.74, 6) is -3.84. The number of allylic oxidation sites excluding steroid dienone is 13. The molecule has 5 rings (SSSR count). The number of hydrogen-bond acceptors (Lipinski definition) is 16. The Kier molecular flexibility index (Phi) is 18.2. The Balaban J connectivity index is 1.22. The number of hydrogen-bond donors (Lipinski definition) is 7. The Labute approximate surface area is 368 Å². The number of primary amides is 1. The van der Waals surface area contributed by atoms with Gasteiger partial charge < -0.3 is 69.5 Å². The van der Waals surface area contributed by atoms with Gasteiger partial charge in [0.2, 0.25) is 5.91 Å². The summed E-state index contributed by atoms with van der Waals surface area (Å²) in [7, 11) is 1.34. The van der Waals surface area contributed by atoms with E-state index in [1.165, 1.54) is 19.3 Å². The lowest BCUT2D eigenvalue weighted by atomic mass is 10.0. The minimum Gasteiger partial charge on any atom is -0.507 e. The Morgan fingerprint density at radius 2 is 1.52 bits per heavy atom. The van der Waals surface area contributed by atoms with Crippen LogP contribution in [-0.4, -0.2) is 171 Å². The van der Waals surface area contributed by atoms with Crippen molar-refractivity contribution in [3.05, 3.63) is 95.4 Å². The summed E-state index contributed by atoms with van der Waals surface area (Å²) >= 11 is 12.5. The maximum Gasteiger partial charge on any atom is 0.264 e. The molecule has 5 heterocycles. The number of halogens is 2. The van der Waals surface area contributed by atoms with Gasteiger partial charge in [0.25, 0.3) is 5.91 Å². The molecule has 8 N–H and O–H groups in total. The van der Waals surface area contributed by atoms with Crippen LogP contribution in [0.15, 0.2) is 95.4 Å². The second-order valence-corrected chi connectivity index (χ2v) is 16.1. The number of Topliss-reactive ketones (excluding diaryl/α,β-unsaturated/α-hetero) is 1. The number of ether oxygens (including phenoxy) is 7. The molecular formula is C42H54Cl2N2O16. The van der Waals surface area contributed by atoms with Crippen molar-refractivity contribution in [2.24, 2.45) is 5.73 Å². The first-order valence-corrected chi connectivity index (χ1v) is 20.7. The number of aliphatic hydroxyl groups is 6. The maximum absolute atomic E-state index is 13.9. The number of amides is 2. The summed E-state index contributed by atoms with van der Waals surface area (Å²) in [6.45, 7) is 2.61. The standard InChI is InChI=1S/C42H54Cl2N2O16/c1-21-17-24(44)28(59-21)16-12-11-14-23(43)13-9-7-5-4-6-8-10-15-26(47)31-33(51)25(18-30(45)49)46(39(31)55)40-37(34(52)27(48)19-57-40)62-41-36(54)35(53)29(20-58-41)61-42-38(56-3)32(50)22(2)60-42/h4-16,21-22,24-25,27-29,32,34-38,40-42,47-48,50,52-54H,17-20H2,1-3H3,(H2,45,49). The first-order chi connectivity index (χ1) is 29.5. The van der Waals surface area contributed by atoms with E-state index in [0.717, 1.165) is 17.4 Å². The van der Waals surface area contributed by atoms with Crippen molar-refractivity contribution in [2.45, 2.75) is 124 Å². The zero-order valence-electron chi connectivity index (χ0n) is 34.1. The molecule has 16 unspecified atom stereocenters. The second-order valence-electron chi connectivity index (χ2n) is 15.1. The molecule has 5 aliphatic rings. The van der Waals surface area contributed by atoms with E-state index in [0.29, 0.717) is 5.03 Å². The van der Waals surface area contributed by atoms with Gasteiger partial charge in [-0.2, -0.15) is 0 Å². The van der Waals surface area contributed by atoms with Crippen molar-refractivity contribution in [3.8, 4) is 0 Å². The average Bonchev–Trinajstić information content (AvgIpc) is 3.79. The molecule has 0 bridgehead atoms. The maximum atomic E-state index is 13.9. The second kappa shape index (κ2) is 22.9. The van der Waals surface area contributed by atoms with Crippen molar-refractivity contribution in [1.29, 1.82) is 0 Å². The van der Waals surface area contributed by atoms with E-state index in [9.17, 15) is 45.0 Å². The smallest absolute Gasteiger partial charge is 0.264 e. The topological polar surface area (TPSA) is 266 Å². The van der Waals surface area contributed by atoms with Gasteiger partial charge >= 0.3 is 0 Å². The Morgan fingerprint density at radius 3 is 2.18 bits per heavy atom. The minimum atomic E-state index is -1.86. The van der Waals surface area contributed by atoms with E-state index in [2.05, 4.69) is 0 Å². The van der Waals surface area contributed by atoms with Crippen molar-refractivity contribution in [2.75, 3.05) is 20.3 Å². The highest BCUT2D eigenvalue weighted by Crippen LogP contribution is 2.35. The highest BCUT2D eigenvalue weighted by atomic mass is 35.5. The molecule has 0 aromatic rings. The van der Waals surface area contributed by atoms with Crippen molar-refractivity contribution in [3.63, 3.8) is 0 Å². The van der Waals surface area contributed by atoms with E-state index < -0.39 is 128 Å². The summed E-state index contributed by atoms with van der Waals surface area (Å²) in [5.41, 5.74) is 4.72. The number of ketones is 1. The lowest BCUT2D eigenvalue weighted by Gasteiger charge is -2.46. The average molecular weight is 914 g/mol. The Morgan fingerprint density at radius 1 is 0.839 bits per heavy atom. The fraction of sp³-hybridized carbons (Fsp3) is 0.548. The number of carbonyl (C=O) groups is 3. The predicted molar refractivity (Wildman–Crippen MR) is 221 cm³/mol. The number of likely N-dealkylation sites (tertiary alicyclic amines) is 1. The van der Waals surface area contributed by atoms with Crippen LogP contribution in [0, 0.1) is 0 Å². The normalized spacial score (nSPS) is 39.7. The third-order valence-corrected chi connectivity index (χ3v) is 11.3. The highest BCUT2D eigenvalue weighted by Gasteiger charge is 2.56. The fourth-order valence-corrected chi connectivity index (χ4v) is 7.88. The molecule has 5 fully saturated rings. The van der Waals surface area contributed by atoms with Gasteiger partial charge in [-0.25, -0.2) is 0 Å². The van der Waals surface area contributed by atoms with Gasteiger partial charge in [-0.15, -0.1) is 11.6 Å². The molecular weight excluding hydrogens is 859 g/mol. The molecule has 0 aliphatic carbocycles. The van der Waals surface area contributed by atoms with Gasteiger partial charge in [0, 0.05) is 12.1 Å². The van der Waals surface area contributed by atoms with Gasteiger partial charge in [-0.1, -0.05) is 72.4 Å². The van der Waals surface area contributed by atoms with Crippen molar-refractivity contribution < 1.29 is 78.2 Å². The van der Waals surface area contributed by atoms with Crippen molar-refractivity contribution >= 4 is 40.8 Å². The number of nitrogens with zero attached hydrogens (tertiary/aromatic N) is 1. The van der Waals surface area contributed by atoms with Gasteiger partial charge in [0.05, 0.1) is 43.3 Å². The molecule has 5 aliphatic heterocycles. The van der Waals surface area contributed by atoms with Crippen molar-refractivity contribution in [1.82, 2.24) is 4.90 Å². The molecule has 0 aromatic heterocycles. The molecule has 16 atom stereocenters. The third kappa shape index (κ3) is 12.2. The van der Waals surface area contributed by atoms with Crippen LogP contribution >= 0.6 is 23.2 Å². The summed E-state index contributed by atoms with van der Waals surface area (Å²) in [5, 5.41) is 65.2. The first kappa shape index (κ1) is 49.4. The number of methoxy groups -OCH3 is 1. The first-order valence-electron chi connectivity index (χ1n) is 19.9. The highest BCUT2D eigenvalue weighted by molar-refractivity contribution is 6.31. The fourth-order valence-electron chi connectivity index (χ4n) is 7.34. The molecule has 0 spiro atoms.